The third kappa shape index (κ3) is 4.74. The van der Waals surface area contributed by atoms with Crippen LogP contribution in [0.25, 0.3) is 0 Å². The lowest BCUT2D eigenvalue weighted by Crippen LogP contribution is -2.24. The normalized spacial score (nSPS) is 10.2. The lowest BCUT2D eigenvalue weighted by Gasteiger charge is -2.10. The standard InChI is InChI=1S/C19H23NO3/c1-4-14-5-7-15(8-6-14)12-19(21)20-13-16-9-10-17(22-2)18(11-16)23-3/h5-11H,4,12-13H2,1-3H3,(H,20,21). The number of carbonyl (C=O) groups excluding carboxylic acids is 1. The third-order valence-electron chi connectivity index (χ3n) is 3.73. The van der Waals surface area contributed by atoms with E-state index in [0.29, 0.717) is 24.5 Å². The van der Waals surface area contributed by atoms with Gasteiger partial charge in [0, 0.05) is 6.54 Å². The zero-order valence-electron chi connectivity index (χ0n) is 13.9. The van der Waals surface area contributed by atoms with Gasteiger partial charge in [-0.3, -0.25) is 4.79 Å². The molecule has 0 heterocycles. The van der Waals surface area contributed by atoms with E-state index in [9.17, 15) is 4.79 Å². The Kier molecular flexibility index (Phi) is 6.03. The van der Waals surface area contributed by atoms with Crippen LogP contribution in [-0.2, 0) is 24.2 Å². The summed E-state index contributed by atoms with van der Waals surface area (Å²) in [5, 5.41) is 2.93. The van der Waals surface area contributed by atoms with Crippen LogP contribution in [-0.4, -0.2) is 20.1 Å². The maximum absolute atomic E-state index is 12.1. The van der Waals surface area contributed by atoms with Crippen molar-refractivity contribution in [3.8, 4) is 11.5 Å². The number of carbonyl (C=O) groups is 1. The average Bonchev–Trinajstić information content (AvgIpc) is 2.60. The average molecular weight is 313 g/mol. The van der Waals surface area contributed by atoms with Gasteiger partial charge in [-0.2, -0.15) is 0 Å². The highest BCUT2D eigenvalue weighted by atomic mass is 16.5. The summed E-state index contributed by atoms with van der Waals surface area (Å²) in [6, 6.07) is 13.8. The molecule has 0 saturated carbocycles. The summed E-state index contributed by atoms with van der Waals surface area (Å²) in [6.07, 6.45) is 1.39. The zero-order chi connectivity index (χ0) is 16.7. The highest BCUT2D eigenvalue weighted by molar-refractivity contribution is 5.78. The van der Waals surface area contributed by atoms with Crippen LogP contribution in [0.15, 0.2) is 42.5 Å². The molecule has 0 bridgehead atoms. The molecule has 1 amide bonds. The molecular weight excluding hydrogens is 290 g/mol. The van der Waals surface area contributed by atoms with Gasteiger partial charge in [-0.15, -0.1) is 0 Å². The van der Waals surface area contributed by atoms with Crippen LogP contribution < -0.4 is 14.8 Å². The monoisotopic (exact) mass is 313 g/mol. The summed E-state index contributed by atoms with van der Waals surface area (Å²) in [7, 11) is 3.20. The lowest BCUT2D eigenvalue weighted by atomic mass is 10.1. The number of benzene rings is 2. The molecule has 4 nitrogen and oxygen atoms in total. The van der Waals surface area contributed by atoms with E-state index in [1.54, 1.807) is 14.2 Å². The van der Waals surface area contributed by atoms with E-state index in [0.717, 1.165) is 17.5 Å². The lowest BCUT2D eigenvalue weighted by molar-refractivity contribution is -0.120. The largest absolute Gasteiger partial charge is 0.493 e. The molecule has 23 heavy (non-hydrogen) atoms. The molecule has 0 aliphatic heterocycles. The van der Waals surface area contributed by atoms with E-state index in [2.05, 4.69) is 24.4 Å². The molecule has 0 aliphatic rings. The summed E-state index contributed by atoms with van der Waals surface area (Å²) in [4.78, 5) is 12.1. The first kappa shape index (κ1) is 16.9. The number of hydrogen-bond donors (Lipinski definition) is 1. The topological polar surface area (TPSA) is 47.6 Å². The quantitative estimate of drug-likeness (QED) is 0.854. The maximum Gasteiger partial charge on any atom is 0.224 e. The minimum Gasteiger partial charge on any atom is -0.493 e. The van der Waals surface area contributed by atoms with Crippen molar-refractivity contribution in [2.45, 2.75) is 26.3 Å². The van der Waals surface area contributed by atoms with Crippen LogP contribution in [0.3, 0.4) is 0 Å². The number of methoxy groups -OCH3 is 2. The highest BCUT2D eigenvalue weighted by Gasteiger charge is 2.07. The Labute approximate surface area is 137 Å². The molecule has 0 unspecified atom stereocenters. The van der Waals surface area contributed by atoms with Crippen molar-refractivity contribution in [3.63, 3.8) is 0 Å². The van der Waals surface area contributed by atoms with Gasteiger partial charge < -0.3 is 14.8 Å². The van der Waals surface area contributed by atoms with E-state index in [1.165, 1.54) is 5.56 Å². The van der Waals surface area contributed by atoms with Crippen LogP contribution in [0.5, 0.6) is 11.5 Å². The van der Waals surface area contributed by atoms with Crippen molar-refractivity contribution in [1.82, 2.24) is 5.32 Å². The van der Waals surface area contributed by atoms with Gasteiger partial charge in [0.1, 0.15) is 0 Å². The predicted octanol–water partition coefficient (Wildman–Crippen LogP) is 3.13. The molecule has 0 atom stereocenters. The first-order valence-electron chi connectivity index (χ1n) is 7.71. The maximum atomic E-state index is 12.1. The summed E-state index contributed by atoms with van der Waals surface area (Å²) >= 11 is 0. The number of hydrogen-bond acceptors (Lipinski definition) is 3. The van der Waals surface area contributed by atoms with Gasteiger partial charge in [0.05, 0.1) is 20.6 Å². The van der Waals surface area contributed by atoms with Crippen molar-refractivity contribution < 1.29 is 14.3 Å². The minimum atomic E-state index is 0.00373. The molecule has 2 rings (SSSR count). The molecule has 2 aromatic carbocycles. The molecule has 0 aromatic heterocycles. The zero-order valence-corrected chi connectivity index (χ0v) is 13.9. The number of amides is 1. The molecule has 0 spiro atoms. The van der Waals surface area contributed by atoms with Gasteiger partial charge in [-0.1, -0.05) is 37.3 Å². The Morgan fingerprint density at radius 1 is 0.913 bits per heavy atom. The van der Waals surface area contributed by atoms with Crippen LogP contribution in [0.1, 0.15) is 23.6 Å². The van der Waals surface area contributed by atoms with Crippen molar-refractivity contribution in [3.05, 3.63) is 59.2 Å². The number of rotatable bonds is 7. The van der Waals surface area contributed by atoms with E-state index in [-0.39, 0.29) is 5.91 Å². The highest BCUT2D eigenvalue weighted by Crippen LogP contribution is 2.27. The number of aryl methyl sites for hydroxylation is 1. The Bertz CT molecular complexity index is 650. The van der Waals surface area contributed by atoms with E-state index in [4.69, 9.17) is 9.47 Å². The van der Waals surface area contributed by atoms with Gasteiger partial charge in [-0.25, -0.2) is 0 Å². The fourth-order valence-electron chi connectivity index (χ4n) is 2.33. The smallest absolute Gasteiger partial charge is 0.224 e. The van der Waals surface area contributed by atoms with Gasteiger partial charge in [0.15, 0.2) is 11.5 Å². The second-order valence-electron chi connectivity index (χ2n) is 5.31. The van der Waals surface area contributed by atoms with Crippen molar-refractivity contribution in [2.75, 3.05) is 14.2 Å². The molecule has 2 aromatic rings. The Balaban J connectivity index is 1.90. The molecule has 0 radical (unpaired) electrons. The van der Waals surface area contributed by atoms with E-state index in [1.807, 2.05) is 30.3 Å². The van der Waals surface area contributed by atoms with Crippen LogP contribution in [0, 0.1) is 0 Å². The third-order valence-corrected chi connectivity index (χ3v) is 3.73. The molecule has 0 saturated heterocycles. The minimum absolute atomic E-state index is 0.00373. The van der Waals surface area contributed by atoms with Gasteiger partial charge in [0.2, 0.25) is 5.91 Å². The number of ether oxygens (including phenoxy) is 2. The second kappa shape index (κ2) is 8.22. The fraction of sp³-hybridized carbons (Fsp3) is 0.316. The van der Waals surface area contributed by atoms with Crippen LogP contribution >= 0.6 is 0 Å². The Morgan fingerprint density at radius 3 is 2.13 bits per heavy atom. The van der Waals surface area contributed by atoms with Crippen molar-refractivity contribution in [1.29, 1.82) is 0 Å². The predicted molar refractivity (Wildman–Crippen MR) is 90.9 cm³/mol. The molecular formula is C19H23NO3. The van der Waals surface area contributed by atoms with Crippen LogP contribution in [0.4, 0.5) is 0 Å². The molecule has 0 aliphatic carbocycles. The summed E-state index contributed by atoms with van der Waals surface area (Å²) in [6.45, 7) is 2.58. The van der Waals surface area contributed by atoms with Crippen molar-refractivity contribution in [2.24, 2.45) is 0 Å². The molecule has 0 fully saturated rings. The number of nitrogens with one attached hydrogen (secondary N) is 1. The van der Waals surface area contributed by atoms with E-state index >= 15 is 0 Å². The van der Waals surface area contributed by atoms with Crippen LogP contribution in [0.2, 0.25) is 0 Å². The summed E-state index contributed by atoms with van der Waals surface area (Å²) in [5.41, 5.74) is 3.27. The molecule has 1 N–H and O–H groups in total. The van der Waals surface area contributed by atoms with Gasteiger partial charge >= 0.3 is 0 Å². The van der Waals surface area contributed by atoms with Gasteiger partial charge in [0.25, 0.3) is 0 Å². The Morgan fingerprint density at radius 2 is 1.52 bits per heavy atom. The van der Waals surface area contributed by atoms with E-state index < -0.39 is 0 Å². The first-order valence-corrected chi connectivity index (χ1v) is 7.71. The SMILES string of the molecule is CCc1ccc(CC(=O)NCc2ccc(OC)c(OC)c2)cc1. The molecule has 4 heteroatoms. The first-order chi connectivity index (χ1) is 11.2. The second-order valence-corrected chi connectivity index (χ2v) is 5.31. The molecule has 122 valence electrons. The fourth-order valence-corrected chi connectivity index (χ4v) is 2.33. The summed E-state index contributed by atoms with van der Waals surface area (Å²) in [5.74, 6) is 1.34. The Hall–Kier alpha value is -2.49. The summed E-state index contributed by atoms with van der Waals surface area (Å²) < 4.78 is 10.5. The van der Waals surface area contributed by atoms with Gasteiger partial charge in [-0.05, 0) is 35.2 Å². The van der Waals surface area contributed by atoms with Crippen molar-refractivity contribution >= 4 is 5.91 Å².